The molecule has 4 aliphatic heterocycles. The molecule has 4 fully saturated rings. The number of amides is 5. The topological polar surface area (TPSA) is 486 Å². The predicted octanol–water partition coefficient (Wildman–Crippen LogP) is 9.28. The Morgan fingerprint density at radius 2 is 0.721 bits per heavy atom. The van der Waals surface area contributed by atoms with Crippen LogP contribution in [0.1, 0.15) is 176 Å². The monoisotopic (exact) mass is 2470 g/mol. The number of fused-ring (bicyclic) bond motifs is 4. The summed E-state index contributed by atoms with van der Waals surface area (Å²) in [7, 11) is -7.74. The molecule has 0 bridgehead atoms. The van der Waals surface area contributed by atoms with Crippen molar-refractivity contribution in [1.29, 1.82) is 0 Å². The maximum absolute atomic E-state index is 15.1. The molecule has 0 saturated heterocycles. The number of guanidine groups is 4. The molecule has 36 nitrogen and oxygen atoms in total. The van der Waals surface area contributed by atoms with Crippen molar-refractivity contribution in [3.8, 4) is 0 Å². The first-order valence-electron chi connectivity index (χ1n) is 36.9. The minimum Gasteiger partial charge on any atom is -0.444 e. The summed E-state index contributed by atoms with van der Waals surface area (Å²) in [4.78, 5) is 88.9. The van der Waals surface area contributed by atoms with Crippen molar-refractivity contribution in [2.45, 2.75) is 214 Å². The number of methoxy groups -OCH3 is 2. The minimum atomic E-state index is -4.04. The Balaban J connectivity index is 0.000000338. The summed E-state index contributed by atoms with van der Waals surface area (Å²) in [5, 5.41) is 19.5. The molecule has 122 heavy (non-hydrogen) atoms. The Labute approximate surface area is 780 Å². The molecular formula is C75H106F4N16O20S4U3. The number of carbonyl (C=O) groups is 5. The van der Waals surface area contributed by atoms with Crippen LogP contribution >= 0.6 is 0 Å². The van der Waals surface area contributed by atoms with E-state index < -0.39 is 158 Å². The molecule has 47 heteroatoms. The van der Waals surface area contributed by atoms with E-state index in [-0.39, 0.29) is 205 Å². The van der Waals surface area contributed by atoms with Crippen molar-refractivity contribution in [2.24, 2.45) is 25.7 Å². The number of nitrogens with zero attached hydrogens (tertiary/aromatic N) is 9. The molecule has 0 aromatic heterocycles. The van der Waals surface area contributed by atoms with Crippen LogP contribution in [-0.2, 0) is 95.5 Å². The van der Waals surface area contributed by atoms with Gasteiger partial charge >= 0.3 is 18.3 Å². The Hall–Kier alpha value is -6.89. The van der Waals surface area contributed by atoms with E-state index in [1.165, 1.54) is 90.9 Å². The van der Waals surface area contributed by atoms with Crippen LogP contribution in [0.4, 0.5) is 54.7 Å². The van der Waals surface area contributed by atoms with Crippen molar-refractivity contribution in [1.82, 2.24) is 33.2 Å². The zero-order chi connectivity index (χ0) is 87.1. The van der Waals surface area contributed by atoms with Gasteiger partial charge in [-0.15, -0.1) is 0 Å². The molecule has 8 unspecified atom stereocenters. The van der Waals surface area contributed by atoms with Gasteiger partial charge in [0, 0.05) is 187 Å². The molecule has 5 amide bonds. The van der Waals surface area contributed by atoms with Crippen LogP contribution in [0.3, 0.4) is 0 Å². The van der Waals surface area contributed by atoms with Crippen LogP contribution < -0.4 is 38.1 Å². The van der Waals surface area contributed by atoms with Gasteiger partial charge in [-0.05, 0) is 200 Å². The van der Waals surface area contributed by atoms with Crippen molar-refractivity contribution >= 4 is 117 Å². The van der Waals surface area contributed by atoms with Crippen LogP contribution in [-0.4, -0.2) is 203 Å². The average molecular weight is 2470 g/mol. The van der Waals surface area contributed by atoms with E-state index in [1.807, 2.05) is 0 Å². The summed E-state index contributed by atoms with van der Waals surface area (Å²) < 4.78 is 193. The molecular weight excluding hydrogens is 2360 g/mol. The van der Waals surface area contributed by atoms with E-state index in [1.54, 1.807) is 62.3 Å². The quantitative estimate of drug-likeness (QED) is 0.0242. The normalized spacial score (nSPS) is 24.5. The molecule has 0 spiro atoms. The summed E-state index contributed by atoms with van der Waals surface area (Å²) in [6.07, 6.45) is 1.66. The molecule has 4 aromatic rings. The Kier molecular flexibility index (Phi) is 35.9. The van der Waals surface area contributed by atoms with Gasteiger partial charge in [0.15, 0.2) is 0 Å². The van der Waals surface area contributed by atoms with Crippen molar-refractivity contribution in [3.63, 3.8) is 0 Å². The zero-order valence-corrected chi connectivity index (χ0v) is 84.4. The number of aliphatic imine (C=N–C) groups is 4. The summed E-state index contributed by atoms with van der Waals surface area (Å²) in [6.45, 7) is 14.7. The summed E-state index contributed by atoms with van der Waals surface area (Å²) in [6, 6.07) is 14.9. The number of non-ortho nitro benzene ring substituents is 1. The molecule has 4 aromatic carbocycles. The molecule has 4 heterocycles. The maximum Gasteiger partial charge on any atom is 0.414 e. The first-order valence-corrected chi connectivity index (χ1v) is 42.9. The van der Waals surface area contributed by atoms with Gasteiger partial charge in [0.05, 0.1) is 4.92 Å². The third-order valence-corrected chi connectivity index (χ3v) is 29.7. The number of halogens is 4. The number of nitrogen functional groups attached to an aromatic ring is 1. The first-order chi connectivity index (χ1) is 54.2. The second-order valence-electron chi connectivity index (χ2n) is 31.9. The molecule has 4 saturated carbocycles. The number of benzene rings is 4. The van der Waals surface area contributed by atoms with E-state index in [4.69, 9.17) is 35.2 Å². The van der Waals surface area contributed by atoms with Gasteiger partial charge in [-0.2, -0.15) is 0 Å². The summed E-state index contributed by atoms with van der Waals surface area (Å²) in [5.41, 5.74) is 4.17. The fourth-order valence-electron chi connectivity index (χ4n) is 15.6. The summed E-state index contributed by atoms with van der Waals surface area (Å²) in [5.74, 6) is -4.42. The first kappa shape index (κ1) is 107. The van der Waals surface area contributed by atoms with E-state index in [0.717, 1.165) is 41.5 Å². The van der Waals surface area contributed by atoms with Crippen molar-refractivity contribution < 1.29 is 197 Å². The number of alkyl carbamates (subject to hydrolysis) is 3. The number of nitro benzene ring substituents is 1. The zero-order valence-electron chi connectivity index (χ0n) is 68.6. The SMILES string of the molecule is C.C.CN1C(NC(=O)OC(C)(C)C)=NC2(c3cc(N)ccc3F)CCCC2S1(=O)=O.CN1C(NC(=O)OC(C)(C)C)=NC2(c3cc([N+](=O)[O-])ccc3F)CCCC2S1(=O)=O.COCC(=O)Nc1ccc(F)c(C23CCCC2S(=O)(=O)N(C)C(N)=N3)c1.COCC(=O)Nc1ccc(F)c(C23CCCC2S(=O)(=O)N(C)C(NC(=O)OC(C)(C)C)=N3)c1.[U].[U].[U]. The molecule has 8 atom stereocenters. The van der Waals surface area contributed by atoms with Crippen LogP contribution in [0.25, 0.3) is 0 Å². The Bertz CT molecular complexity index is 5220. The van der Waals surface area contributed by atoms with Crippen LogP contribution in [0.2, 0.25) is 0 Å². The molecule has 8 aliphatic rings. The second kappa shape index (κ2) is 40.8. The number of anilines is 3. The van der Waals surface area contributed by atoms with Gasteiger partial charge in [-0.3, -0.25) is 35.7 Å². The molecule has 670 valence electrons. The third-order valence-electron chi connectivity index (χ3n) is 20.5. The van der Waals surface area contributed by atoms with E-state index >= 15 is 4.39 Å². The smallest absolute Gasteiger partial charge is 0.414 e. The van der Waals surface area contributed by atoms with Crippen molar-refractivity contribution in [3.05, 3.63) is 128 Å². The number of carbonyl (C=O) groups excluding carboxylic acids is 5. The molecule has 0 radical (unpaired) electrons. The Morgan fingerprint density at radius 3 is 1.02 bits per heavy atom. The van der Waals surface area contributed by atoms with Crippen LogP contribution in [0.15, 0.2) is 92.8 Å². The number of nitrogens with one attached hydrogen (secondary N) is 5. The molecule has 4 aliphatic carbocycles. The molecule has 9 N–H and O–H groups in total. The number of nitro groups is 1. The number of ether oxygens (including phenoxy) is 5. The fourth-order valence-corrected chi connectivity index (χ4v) is 23.4. The number of hydrogen-bond donors (Lipinski definition) is 7. The number of rotatable bonds is 11. The average Bonchev–Trinajstić information content (AvgIpc) is 1.46. The minimum absolute atomic E-state index is 0. The van der Waals surface area contributed by atoms with E-state index in [9.17, 15) is 80.9 Å². The predicted molar refractivity (Wildman–Crippen MR) is 437 cm³/mol. The number of sulfonamides is 4. The van der Waals surface area contributed by atoms with Crippen molar-refractivity contribution in [2.75, 3.05) is 72.0 Å². The van der Waals surface area contributed by atoms with Crippen LogP contribution in [0.5, 0.6) is 0 Å². The second-order valence-corrected chi connectivity index (χ2v) is 40.5. The van der Waals surface area contributed by atoms with Gasteiger partial charge in [-0.25, -0.2) is 103 Å². The van der Waals surface area contributed by atoms with E-state index in [2.05, 4.69) is 46.6 Å². The Morgan fingerprint density at radius 1 is 0.451 bits per heavy atom. The third kappa shape index (κ3) is 22.7. The van der Waals surface area contributed by atoms with Gasteiger partial charge in [0.25, 0.3) is 5.69 Å². The van der Waals surface area contributed by atoms with Gasteiger partial charge in [-0.1, -0.05) is 14.9 Å². The fraction of sp³-hybridized carbons (Fsp3) is 0.560. The van der Waals surface area contributed by atoms with Gasteiger partial charge in [0.2, 0.25) is 75.7 Å². The van der Waals surface area contributed by atoms with E-state index in [0.29, 0.717) is 62.7 Å². The maximum atomic E-state index is 15.1. The number of nitrogens with two attached hydrogens (primary N) is 2. The number of hydrogen-bond acceptors (Lipinski definition) is 26. The van der Waals surface area contributed by atoms with Crippen LogP contribution in [0, 0.1) is 127 Å². The standard InChI is InChI=1S/C21H29FN4O6S.C18H23FN4O6S.C18H25FN4O4S.C16H21FN4O4S.2CH4.3U/c1-20(2,3)32-19(28)24-18-25-21(10-6-7-16(21)33(29,30)26(18)4)14-11-13(8-9-15(14)22)23-17(27)12-31-5;1-17(2,3)29-16(24)20-15-21-18(9-5-6-14(18)30(27,28)22(15)4)12-10-11(23(25)26)7-8-13(12)19;1-17(2,3)27-16(24)21-15-22-18(12-10-11(20)7-8-13(12)19)9-5-6-14(18)28(25,26)23(15)4;1-21-15(18)20-16(7-3-4-13(16)26(21,23)24)11-8-10(5-6-12(11)17)19-14(22)9-25-2;;;;;/h8-9,11,16H,6-7,10,12H2,1-5H3,(H,23,27)(H,24,25,28);7-8,10,14H,5-6,9H2,1-4H3,(H,20,21,24);7-8,10,14H,5-6,9,20H2,1-4H3,(H,21,22,24);5-6,8,13H,3-4,7,9H2,1-2H3,(H2,18,20)(H,19,22);2*1H4;;;. The summed E-state index contributed by atoms with van der Waals surface area (Å²) >= 11 is 0. The van der Waals surface area contributed by atoms with Gasteiger partial charge < -0.3 is 45.8 Å². The van der Waals surface area contributed by atoms with Gasteiger partial charge in [0.1, 0.15) is 96.4 Å². The largest absolute Gasteiger partial charge is 0.444 e. The molecule has 12 rings (SSSR count).